The van der Waals surface area contributed by atoms with Crippen LogP contribution in [-0.2, 0) is 6.54 Å². The summed E-state index contributed by atoms with van der Waals surface area (Å²) in [6, 6.07) is 7.48. The first-order valence-corrected chi connectivity index (χ1v) is 8.99. The van der Waals surface area contributed by atoms with E-state index in [1.807, 2.05) is 50.1 Å². The number of ether oxygens (including phenoxy) is 1. The molecule has 5 nitrogen and oxygen atoms in total. The van der Waals surface area contributed by atoms with Gasteiger partial charge >= 0.3 is 0 Å². The quantitative estimate of drug-likeness (QED) is 0.627. The van der Waals surface area contributed by atoms with Crippen LogP contribution in [0.3, 0.4) is 0 Å². The molecule has 0 bridgehead atoms. The van der Waals surface area contributed by atoms with Crippen LogP contribution in [0.1, 0.15) is 17.6 Å². The molecule has 2 rings (SSSR count). The Balaban J connectivity index is 1.85. The van der Waals surface area contributed by atoms with Gasteiger partial charge in [-0.2, -0.15) is 0 Å². The van der Waals surface area contributed by atoms with Crippen molar-refractivity contribution in [2.75, 3.05) is 20.6 Å². The Morgan fingerprint density at radius 3 is 2.83 bits per heavy atom. The minimum Gasteiger partial charge on any atom is -0.487 e. The van der Waals surface area contributed by atoms with Gasteiger partial charge in [0.15, 0.2) is 5.96 Å². The minimum absolute atomic E-state index is 0.0448. The maximum atomic E-state index is 6.12. The van der Waals surface area contributed by atoms with Gasteiger partial charge in [-0.3, -0.25) is 4.99 Å². The highest BCUT2D eigenvalue weighted by atomic mass is 35.5. The van der Waals surface area contributed by atoms with Crippen LogP contribution >= 0.6 is 22.9 Å². The van der Waals surface area contributed by atoms with E-state index in [0.717, 1.165) is 16.7 Å². The van der Waals surface area contributed by atoms with Gasteiger partial charge in [0.25, 0.3) is 0 Å². The summed E-state index contributed by atoms with van der Waals surface area (Å²) in [6.07, 6.45) is -0.0448. The van der Waals surface area contributed by atoms with Gasteiger partial charge in [0.2, 0.25) is 0 Å². The molecule has 130 valence electrons. The molecule has 2 aromatic rings. The van der Waals surface area contributed by atoms with E-state index in [1.165, 1.54) is 0 Å². The SMILES string of the molecule is CN=C(NCC(C)Oc1ccccc1Cl)N(C)Cc1csc(C)n1. The van der Waals surface area contributed by atoms with Crippen molar-refractivity contribution in [1.29, 1.82) is 0 Å². The highest BCUT2D eigenvalue weighted by Crippen LogP contribution is 2.24. The lowest BCUT2D eigenvalue weighted by atomic mass is 10.3. The zero-order chi connectivity index (χ0) is 17.5. The molecular formula is C17H23ClN4OS. The zero-order valence-electron chi connectivity index (χ0n) is 14.4. The van der Waals surface area contributed by atoms with Crippen LogP contribution in [0.4, 0.5) is 0 Å². The van der Waals surface area contributed by atoms with Crippen LogP contribution in [0.5, 0.6) is 5.75 Å². The van der Waals surface area contributed by atoms with Crippen molar-refractivity contribution >= 4 is 28.9 Å². The second-order valence-electron chi connectivity index (χ2n) is 5.50. The molecule has 24 heavy (non-hydrogen) atoms. The molecule has 1 atom stereocenters. The van der Waals surface area contributed by atoms with Gasteiger partial charge in [-0.15, -0.1) is 11.3 Å². The zero-order valence-corrected chi connectivity index (χ0v) is 16.0. The molecule has 1 unspecified atom stereocenters. The Hall–Kier alpha value is -1.79. The third-order valence-corrected chi connectivity index (χ3v) is 4.49. The number of aryl methyl sites for hydroxylation is 1. The largest absolute Gasteiger partial charge is 0.487 e. The van der Waals surface area contributed by atoms with Crippen LogP contribution in [0.2, 0.25) is 5.02 Å². The number of halogens is 1. The van der Waals surface area contributed by atoms with Crippen LogP contribution in [0.15, 0.2) is 34.6 Å². The maximum absolute atomic E-state index is 6.12. The second kappa shape index (κ2) is 8.89. The van der Waals surface area contributed by atoms with Crippen molar-refractivity contribution in [1.82, 2.24) is 15.2 Å². The van der Waals surface area contributed by atoms with E-state index >= 15 is 0 Å². The van der Waals surface area contributed by atoms with E-state index in [2.05, 4.69) is 20.7 Å². The van der Waals surface area contributed by atoms with Crippen LogP contribution in [0, 0.1) is 6.92 Å². The van der Waals surface area contributed by atoms with Gasteiger partial charge in [-0.05, 0) is 26.0 Å². The summed E-state index contributed by atoms with van der Waals surface area (Å²) in [5.74, 6) is 1.49. The molecule has 1 aromatic carbocycles. The van der Waals surface area contributed by atoms with E-state index < -0.39 is 0 Å². The molecule has 0 amide bonds. The van der Waals surface area contributed by atoms with Crippen molar-refractivity contribution in [3.63, 3.8) is 0 Å². The molecule has 0 saturated carbocycles. The van der Waals surface area contributed by atoms with Crippen molar-refractivity contribution in [3.8, 4) is 5.75 Å². The first-order valence-electron chi connectivity index (χ1n) is 7.73. The van der Waals surface area contributed by atoms with Crippen LogP contribution in [0.25, 0.3) is 0 Å². The Bertz CT molecular complexity index is 689. The molecule has 7 heteroatoms. The van der Waals surface area contributed by atoms with Gasteiger partial charge in [0.1, 0.15) is 11.9 Å². The third kappa shape index (κ3) is 5.39. The summed E-state index contributed by atoms with van der Waals surface area (Å²) in [6.45, 7) is 5.34. The molecule has 0 aliphatic rings. The first kappa shape index (κ1) is 18.5. The lowest BCUT2D eigenvalue weighted by Crippen LogP contribution is -2.42. The highest BCUT2D eigenvalue weighted by Gasteiger charge is 2.11. The molecule has 1 heterocycles. The van der Waals surface area contributed by atoms with Gasteiger partial charge in [0.05, 0.1) is 28.8 Å². The lowest BCUT2D eigenvalue weighted by molar-refractivity contribution is 0.222. The predicted octanol–water partition coefficient (Wildman–Crippen LogP) is 3.58. The molecule has 0 aliphatic heterocycles. The Labute approximate surface area is 152 Å². The smallest absolute Gasteiger partial charge is 0.193 e. The average molecular weight is 367 g/mol. The van der Waals surface area contributed by atoms with E-state index in [1.54, 1.807) is 18.4 Å². The van der Waals surface area contributed by atoms with Crippen molar-refractivity contribution in [2.45, 2.75) is 26.5 Å². The molecule has 1 N–H and O–H groups in total. The summed E-state index contributed by atoms with van der Waals surface area (Å²) in [7, 11) is 3.76. The second-order valence-corrected chi connectivity index (χ2v) is 6.97. The fraction of sp³-hybridized carbons (Fsp3) is 0.412. The standard InChI is InChI=1S/C17H23ClN4OS/c1-12(23-16-8-6-5-7-15(16)18)9-20-17(19-3)22(4)10-14-11-24-13(2)21-14/h5-8,11-12H,9-10H2,1-4H3,(H,19,20). The Kier molecular flexibility index (Phi) is 6.87. The minimum atomic E-state index is -0.0448. The monoisotopic (exact) mass is 366 g/mol. The number of para-hydroxylation sites is 1. The van der Waals surface area contributed by atoms with Gasteiger partial charge in [-0.1, -0.05) is 23.7 Å². The number of nitrogens with one attached hydrogen (secondary N) is 1. The van der Waals surface area contributed by atoms with E-state index in [0.29, 0.717) is 23.9 Å². The maximum Gasteiger partial charge on any atom is 0.193 e. The highest BCUT2D eigenvalue weighted by molar-refractivity contribution is 7.09. The number of guanidine groups is 1. The van der Waals surface area contributed by atoms with Gasteiger partial charge < -0.3 is 15.0 Å². The number of hydrogen-bond acceptors (Lipinski definition) is 4. The molecule has 0 spiro atoms. The van der Waals surface area contributed by atoms with Gasteiger partial charge in [0, 0.05) is 19.5 Å². The molecule has 0 aliphatic carbocycles. The molecule has 0 fully saturated rings. The van der Waals surface area contributed by atoms with Gasteiger partial charge in [-0.25, -0.2) is 4.98 Å². The van der Waals surface area contributed by atoms with Crippen LogP contribution in [-0.4, -0.2) is 42.6 Å². The number of nitrogens with zero attached hydrogens (tertiary/aromatic N) is 3. The number of aromatic nitrogens is 1. The summed E-state index contributed by atoms with van der Waals surface area (Å²) >= 11 is 7.77. The van der Waals surface area contributed by atoms with E-state index in [4.69, 9.17) is 16.3 Å². The number of aliphatic imine (C=N–C) groups is 1. The third-order valence-electron chi connectivity index (χ3n) is 3.35. The number of thiazole rings is 1. The van der Waals surface area contributed by atoms with Crippen LogP contribution < -0.4 is 10.1 Å². The van der Waals surface area contributed by atoms with Crippen molar-refractivity contribution < 1.29 is 4.74 Å². The fourth-order valence-electron chi connectivity index (χ4n) is 2.22. The fourth-order valence-corrected chi connectivity index (χ4v) is 3.00. The summed E-state index contributed by atoms with van der Waals surface area (Å²) in [5.41, 5.74) is 1.04. The summed E-state index contributed by atoms with van der Waals surface area (Å²) in [5, 5.41) is 7.08. The molecular weight excluding hydrogens is 344 g/mol. The predicted molar refractivity (Wildman–Crippen MR) is 101 cm³/mol. The first-order chi connectivity index (χ1) is 11.5. The molecule has 0 saturated heterocycles. The lowest BCUT2D eigenvalue weighted by Gasteiger charge is -2.23. The Morgan fingerprint density at radius 2 is 2.21 bits per heavy atom. The Morgan fingerprint density at radius 1 is 1.46 bits per heavy atom. The summed E-state index contributed by atoms with van der Waals surface area (Å²) < 4.78 is 5.86. The van der Waals surface area contributed by atoms with Crippen molar-refractivity contribution in [2.24, 2.45) is 4.99 Å². The molecule has 0 radical (unpaired) electrons. The topological polar surface area (TPSA) is 49.8 Å². The number of rotatable bonds is 6. The average Bonchev–Trinajstić information content (AvgIpc) is 2.95. The number of benzene rings is 1. The summed E-state index contributed by atoms with van der Waals surface area (Å²) in [4.78, 5) is 10.8. The normalized spacial score (nSPS) is 12.8. The van der Waals surface area contributed by atoms with E-state index in [9.17, 15) is 0 Å². The van der Waals surface area contributed by atoms with E-state index in [-0.39, 0.29) is 6.10 Å². The number of hydrogen-bond donors (Lipinski definition) is 1. The van der Waals surface area contributed by atoms with Crippen molar-refractivity contribution in [3.05, 3.63) is 45.4 Å². The molecule has 1 aromatic heterocycles.